The third-order valence-corrected chi connectivity index (χ3v) is 3.68. The molecule has 2 rings (SSSR count). The largest absolute Gasteiger partial charge is 0.303 e. The van der Waals surface area contributed by atoms with Crippen LogP contribution in [0.15, 0.2) is 0 Å². The normalized spacial score (nSPS) is 44.3. The standard InChI is InChI=1S/C10H16O/c1-7(6-11)10-5-8-2-3-9(10)4-8/h6-10H,2-5H2,1H3. The Bertz CT molecular complexity index is 164. The molecule has 0 aromatic carbocycles. The zero-order valence-electron chi connectivity index (χ0n) is 7.12. The molecule has 62 valence electrons. The molecule has 11 heavy (non-hydrogen) atoms. The Balaban J connectivity index is 2.01. The van der Waals surface area contributed by atoms with E-state index < -0.39 is 0 Å². The molecule has 1 nitrogen and oxygen atoms in total. The van der Waals surface area contributed by atoms with Gasteiger partial charge in [0.05, 0.1) is 0 Å². The first-order valence-corrected chi connectivity index (χ1v) is 4.76. The molecule has 2 aliphatic rings. The maximum atomic E-state index is 10.6. The van der Waals surface area contributed by atoms with Crippen molar-refractivity contribution in [2.45, 2.75) is 32.6 Å². The Morgan fingerprint density at radius 1 is 1.36 bits per heavy atom. The number of hydrogen-bond donors (Lipinski definition) is 0. The molecule has 4 atom stereocenters. The molecular weight excluding hydrogens is 136 g/mol. The molecule has 0 spiro atoms. The Hall–Kier alpha value is -0.330. The van der Waals surface area contributed by atoms with Crippen LogP contribution in [0.1, 0.15) is 32.6 Å². The first-order chi connectivity index (χ1) is 5.31. The first-order valence-electron chi connectivity index (χ1n) is 4.76. The number of fused-ring (bicyclic) bond motifs is 2. The lowest BCUT2D eigenvalue weighted by atomic mass is 9.81. The van der Waals surface area contributed by atoms with Crippen molar-refractivity contribution in [1.29, 1.82) is 0 Å². The van der Waals surface area contributed by atoms with Crippen LogP contribution in [-0.2, 0) is 4.79 Å². The van der Waals surface area contributed by atoms with Crippen LogP contribution >= 0.6 is 0 Å². The molecule has 2 saturated carbocycles. The second kappa shape index (κ2) is 2.62. The van der Waals surface area contributed by atoms with Gasteiger partial charge in [-0.3, -0.25) is 0 Å². The minimum atomic E-state index is 0.324. The van der Waals surface area contributed by atoms with E-state index in [0.717, 1.165) is 24.0 Å². The van der Waals surface area contributed by atoms with Crippen molar-refractivity contribution in [3.05, 3.63) is 0 Å². The van der Waals surface area contributed by atoms with Crippen LogP contribution in [-0.4, -0.2) is 6.29 Å². The van der Waals surface area contributed by atoms with Crippen molar-refractivity contribution < 1.29 is 4.79 Å². The highest BCUT2D eigenvalue weighted by molar-refractivity contribution is 5.53. The molecule has 0 heterocycles. The lowest BCUT2D eigenvalue weighted by Crippen LogP contribution is -2.19. The summed E-state index contributed by atoms with van der Waals surface area (Å²) in [6, 6.07) is 0. The van der Waals surface area contributed by atoms with Gasteiger partial charge < -0.3 is 4.79 Å². The van der Waals surface area contributed by atoms with E-state index in [9.17, 15) is 4.79 Å². The number of carbonyl (C=O) groups excluding carboxylic acids is 1. The molecule has 2 bridgehead atoms. The van der Waals surface area contributed by atoms with Crippen molar-refractivity contribution in [2.75, 3.05) is 0 Å². The van der Waals surface area contributed by atoms with E-state index in [1.807, 2.05) is 0 Å². The Labute approximate surface area is 68.2 Å². The molecule has 0 saturated heterocycles. The summed E-state index contributed by atoms with van der Waals surface area (Å²) < 4.78 is 0. The fourth-order valence-electron chi connectivity index (χ4n) is 3.04. The predicted octanol–water partition coefficient (Wildman–Crippen LogP) is 2.26. The lowest BCUT2D eigenvalue weighted by molar-refractivity contribution is -0.112. The van der Waals surface area contributed by atoms with Gasteiger partial charge in [0.2, 0.25) is 0 Å². The second-order valence-corrected chi connectivity index (χ2v) is 4.33. The van der Waals surface area contributed by atoms with Gasteiger partial charge in [0.15, 0.2) is 0 Å². The predicted molar refractivity (Wildman–Crippen MR) is 44.2 cm³/mol. The summed E-state index contributed by atoms with van der Waals surface area (Å²) in [6.07, 6.45) is 6.74. The molecule has 0 aliphatic heterocycles. The summed E-state index contributed by atoms with van der Waals surface area (Å²) in [5, 5.41) is 0. The second-order valence-electron chi connectivity index (χ2n) is 4.33. The Morgan fingerprint density at radius 3 is 2.64 bits per heavy atom. The Morgan fingerprint density at radius 2 is 2.18 bits per heavy atom. The van der Waals surface area contributed by atoms with Crippen molar-refractivity contribution in [3.63, 3.8) is 0 Å². The summed E-state index contributed by atoms with van der Waals surface area (Å²) in [5.41, 5.74) is 0. The topological polar surface area (TPSA) is 17.1 Å². The summed E-state index contributed by atoms with van der Waals surface area (Å²) >= 11 is 0. The molecule has 2 aliphatic carbocycles. The van der Waals surface area contributed by atoms with Gasteiger partial charge in [-0.2, -0.15) is 0 Å². The van der Waals surface area contributed by atoms with Crippen molar-refractivity contribution in [3.8, 4) is 0 Å². The van der Waals surface area contributed by atoms with Crippen molar-refractivity contribution in [1.82, 2.24) is 0 Å². The zero-order valence-corrected chi connectivity index (χ0v) is 7.12. The maximum absolute atomic E-state index is 10.6. The molecular formula is C10H16O. The summed E-state index contributed by atoms with van der Waals surface area (Å²) in [4.78, 5) is 10.6. The van der Waals surface area contributed by atoms with Gasteiger partial charge in [-0.05, 0) is 37.0 Å². The Kier molecular flexibility index (Phi) is 1.74. The molecule has 2 fully saturated rings. The van der Waals surface area contributed by atoms with Crippen LogP contribution < -0.4 is 0 Å². The van der Waals surface area contributed by atoms with Crippen LogP contribution in [0, 0.1) is 23.7 Å². The number of aldehydes is 1. The highest BCUT2D eigenvalue weighted by Gasteiger charge is 2.41. The van der Waals surface area contributed by atoms with Gasteiger partial charge in [0.1, 0.15) is 6.29 Å². The molecule has 0 amide bonds. The van der Waals surface area contributed by atoms with E-state index >= 15 is 0 Å². The van der Waals surface area contributed by atoms with Crippen LogP contribution in [0.25, 0.3) is 0 Å². The molecule has 0 aromatic rings. The number of carbonyl (C=O) groups is 1. The van der Waals surface area contributed by atoms with Crippen LogP contribution in [0.2, 0.25) is 0 Å². The van der Waals surface area contributed by atoms with Gasteiger partial charge in [-0.25, -0.2) is 0 Å². The zero-order chi connectivity index (χ0) is 7.84. The number of hydrogen-bond acceptors (Lipinski definition) is 1. The summed E-state index contributed by atoms with van der Waals surface area (Å²) in [7, 11) is 0. The van der Waals surface area contributed by atoms with E-state index in [2.05, 4.69) is 6.92 Å². The molecule has 1 heteroatoms. The van der Waals surface area contributed by atoms with Crippen molar-refractivity contribution in [2.24, 2.45) is 23.7 Å². The van der Waals surface area contributed by atoms with Gasteiger partial charge in [-0.15, -0.1) is 0 Å². The first kappa shape index (κ1) is 7.33. The van der Waals surface area contributed by atoms with E-state index in [1.54, 1.807) is 0 Å². The highest BCUT2D eigenvalue weighted by atomic mass is 16.1. The monoisotopic (exact) mass is 152 g/mol. The minimum absolute atomic E-state index is 0.324. The van der Waals surface area contributed by atoms with Crippen LogP contribution in [0.5, 0.6) is 0 Å². The van der Waals surface area contributed by atoms with E-state index in [1.165, 1.54) is 25.7 Å². The van der Waals surface area contributed by atoms with Gasteiger partial charge >= 0.3 is 0 Å². The van der Waals surface area contributed by atoms with E-state index in [-0.39, 0.29) is 0 Å². The van der Waals surface area contributed by atoms with Gasteiger partial charge in [-0.1, -0.05) is 13.3 Å². The minimum Gasteiger partial charge on any atom is -0.303 e. The summed E-state index contributed by atoms with van der Waals surface area (Å²) in [6.45, 7) is 2.08. The molecule has 0 aromatic heterocycles. The quantitative estimate of drug-likeness (QED) is 0.555. The third-order valence-electron chi connectivity index (χ3n) is 3.68. The summed E-state index contributed by atoms with van der Waals surface area (Å²) in [5.74, 6) is 2.95. The van der Waals surface area contributed by atoms with Crippen molar-refractivity contribution >= 4 is 6.29 Å². The van der Waals surface area contributed by atoms with Gasteiger partial charge in [0, 0.05) is 5.92 Å². The average Bonchev–Trinajstić information content (AvgIpc) is 2.62. The fourth-order valence-corrected chi connectivity index (χ4v) is 3.04. The maximum Gasteiger partial charge on any atom is 0.123 e. The van der Waals surface area contributed by atoms with Gasteiger partial charge in [0.25, 0.3) is 0 Å². The molecule has 4 unspecified atom stereocenters. The average molecular weight is 152 g/mol. The van der Waals surface area contributed by atoms with Crippen LogP contribution in [0.3, 0.4) is 0 Å². The SMILES string of the molecule is CC(C=O)C1CC2CCC1C2. The van der Waals surface area contributed by atoms with E-state index in [4.69, 9.17) is 0 Å². The fraction of sp³-hybridized carbons (Fsp3) is 0.900. The number of rotatable bonds is 2. The lowest BCUT2D eigenvalue weighted by Gasteiger charge is -2.23. The third kappa shape index (κ3) is 1.11. The van der Waals surface area contributed by atoms with E-state index in [0.29, 0.717) is 5.92 Å². The highest BCUT2D eigenvalue weighted by Crippen LogP contribution is 2.50. The van der Waals surface area contributed by atoms with Crippen LogP contribution in [0.4, 0.5) is 0 Å². The smallest absolute Gasteiger partial charge is 0.123 e. The molecule has 0 N–H and O–H groups in total. The molecule has 0 radical (unpaired) electrons.